The topological polar surface area (TPSA) is 38.7 Å². The maximum Gasteiger partial charge on any atom is 0.131 e. The molecule has 0 bridgehead atoms. The van der Waals surface area contributed by atoms with Gasteiger partial charge < -0.3 is 14.6 Å². The molecule has 0 saturated carbocycles. The van der Waals surface area contributed by atoms with Crippen LogP contribution in [0.2, 0.25) is 5.02 Å². The lowest BCUT2D eigenvalue weighted by Gasteiger charge is -2.09. The Morgan fingerprint density at radius 1 is 1.30 bits per heavy atom. The van der Waals surface area contributed by atoms with Crippen molar-refractivity contribution in [1.29, 1.82) is 0 Å². The second-order valence-electron chi connectivity index (χ2n) is 4.55. The monoisotopic (exact) mass is 294 g/mol. The lowest BCUT2D eigenvalue weighted by molar-refractivity contribution is 0.140. The SMILES string of the molecule is OC1COc2cc(OCc3ccc(Cl)cc3F)ccc21. The molecule has 3 rings (SSSR count). The summed E-state index contributed by atoms with van der Waals surface area (Å²) in [7, 11) is 0. The highest BCUT2D eigenvalue weighted by atomic mass is 35.5. The van der Waals surface area contributed by atoms with Crippen LogP contribution in [-0.4, -0.2) is 11.7 Å². The van der Waals surface area contributed by atoms with E-state index in [1.807, 2.05) is 0 Å². The summed E-state index contributed by atoms with van der Waals surface area (Å²) in [6.07, 6.45) is -0.590. The Morgan fingerprint density at radius 3 is 2.95 bits per heavy atom. The maximum absolute atomic E-state index is 13.6. The Labute approximate surface area is 120 Å². The van der Waals surface area contributed by atoms with Crippen LogP contribution in [0.5, 0.6) is 11.5 Å². The van der Waals surface area contributed by atoms with Crippen molar-refractivity contribution in [3.05, 3.63) is 58.4 Å². The van der Waals surface area contributed by atoms with Gasteiger partial charge in [-0.15, -0.1) is 0 Å². The predicted molar refractivity (Wildman–Crippen MR) is 72.6 cm³/mol. The molecule has 1 aliphatic heterocycles. The number of ether oxygens (including phenoxy) is 2. The van der Waals surface area contributed by atoms with Crippen molar-refractivity contribution < 1.29 is 19.0 Å². The van der Waals surface area contributed by atoms with Crippen LogP contribution in [0.4, 0.5) is 4.39 Å². The zero-order valence-corrected chi connectivity index (χ0v) is 11.2. The van der Waals surface area contributed by atoms with Crippen LogP contribution >= 0.6 is 11.6 Å². The molecule has 0 fully saturated rings. The summed E-state index contributed by atoms with van der Waals surface area (Å²) in [6, 6.07) is 9.63. The summed E-state index contributed by atoms with van der Waals surface area (Å²) in [5, 5.41) is 9.97. The van der Waals surface area contributed by atoms with Crippen molar-refractivity contribution >= 4 is 11.6 Å². The Bertz CT molecular complexity index is 645. The van der Waals surface area contributed by atoms with Crippen LogP contribution in [0.1, 0.15) is 17.2 Å². The summed E-state index contributed by atoms with van der Waals surface area (Å²) in [4.78, 5) is 0. The van der Waals surface area contributed by atoms with Gasteiger partial charge in [0.15, 0.2) is 0 Å². The van der Waals surface area contributed by atoms with Gasteiger partial charge in [0.25, 0.3) is 0 Å². The molecule has 1 N–H and O–H groups in total. The van der Waals surface area contributed by atoms with Gasteiger partial charge in [-0.2, -0.15) is 0 Å². The lowest BCUT2D eigenvalue weighted by atomic mass is 10.1. The van der Waals surface area contributed by atoms with Crippen LogP contribution in [0.15, 0.2) is 36.4 Å². The van der Waals surface area contributed by atoms with E-state index in [1.165, 1.54) is 6.07 Å². The third kappa shape index (κ3) is 2.57. The zero-order chi connectivity index (χ0) is 14.1. The largest absolute Gasteiger partial charge is 0.490 e. The first-order valence-electron chi connectivity index (χ1n) is 6.15. The second kappa shape index (κ2) is 5.31. The van der Waals surface area contributed by atoms with Crippen molar-refractivity contribution in [3.8, 4) is 11.5 Å². The van der Waals surface area contributed by atoms with Crippen LogP contribution < -0.4 is 9.47 Å². The van der Waals surface area contributed by atoms with Crippen molar-refractivity contribution in [3.63, 3.8) is 0 Å². The minimum atomic E-state index is -0.590. The minimum Gasteiger partial charge on any atom is -0.490 e. The molecule has 0 spiro atoms. The molecule has 3 nitrogen and oxygen atoms in total. The number of halogens is 2. The Morgan fingerprint density at radius 2 is 2.15 bits per heavy atom. The summed E-state index contributed by atoms with van der Waals surface area (Å²) in [5.74, 6) is 0.768. The van der Waals surface area contributed by atoms with Gasteiger partial charge >= 0.3 is 0 Å². The van der Waals surface area contributed by atoms with E-state index < -0.39 is 11.9 Å². The molecule has 5 heteroatoms. The van der Waals surface area contributed by atoms with Crippen LogP contribution in [0, 0.1) is 5.82 Å². The number of benzene rings is 2. The van der Waals surface area contributed by atoms with Gasteiger partial charge in [-0.3, -0.25) is 0 Å². The van der Waals surface area contributed by atoms with E-state index in [0.717, 1.165) is 5.56 Å². The molecule has 20 heavy (non-hydrogen) atoms. The van der Waals surface area contributed by atoms with Crippen LogP contribution in [0.25, 0.3) is 0 Å². The van der Waals surface area contributed by atoms with Gasteiger partial charge in [0, 0.05) is 22.2 Å². The number of fused-ring (bicyclic) bond motifs is 1. The van der Waals surface area contributed by atoms with E-state index in [2.05, 4.69) is 0 Å². The van der Waals surface area contributed by atoms with Gasteiger partial charge in [-0.05, 0) is 24.3 Å². The fourth-order valence-corrected chi connectivity index (χ4v) is 2.22. The molecule has 0 radical (unpaired) electrons. The van der Waals surface area contributed by atoms with Crippen LogP contribution in [0.3, 0.4) is 0 Å². The number of aliphatic hydroxyl groups is 1. The van der Waals surface area contributed by atoms with Gasteiger partial charge in [-0.1, -0.05) is 17.7 Å². The summed E-state index contributed by atoms with van der Waals surface area (Å²) in [5.41, 5.74) is 1.17. The van der Waals surface area contributed by atoms with Crippen LogP contribution in [-0.2, 0) is 6.61 Å². The van der Waals surface area contributed by atoms with E-state index >= 15 is 0 Å². The zero-order valence-electron chi connectivity index (χ0n) is 10.5. The standard InChI is InChI=1S/C15H12ClFO3/c16-10-2-1-9(13(17)5-10)7-19-11-3-4-12-14(18)8-20-15(12)6-11/h1-6,14,18H,7-8H2. The normalized spacial score (nSPS) is 16.6. The lowest BCUT2D eigenvalue weighted by Crippen LogP contribution is -1.98. The van der Waals surface area contributed by atoms with Crippen molar-refractivity contribution in [1.82, 2.24) is 0 Å². The highest BCUT2D eigenvalue weighted by molar-refractivity contribution is 6.30. The fraction of sp³-hybridized carbons (Fsp3) is 0.200. The smallest absolute Gasteiger partial charge is 0.131 e. The molecule has 0 aliphatic carbocycles. The molecule has 2 aromatic carbocycles. The van der Waals surface area contributed by atoms with E-state index in [4.69, 9.17) is 21.1 Å². The molecule has 0 amide bonds. The summed E-state index contributed by atoms with van der Waals surface area (Å²) in [6.45, 7) is 0.356. The second-order valence-corrected chi connectivity index (χ2v) is 4.99. The first kappa shape index (κ1) is 13.2. The number of rotatable bonds is 3. The Balaban J connectivity index is 1.73. The van der Waals surface area contributed by atoms with Gasteiger partial charge in [0.05, 0.1) is 0 Å². The van der Waals surface area contributed by atoms with Crippen molar-refractivity contribution in [2.24, 2.45) is 0 Å². The van der Waals surface area contributed by atoms with Gasteiger partial charge in [-0.25, -0.2) is 4.39 Å². The molecular formula is C15H12ClFO3. The van der Waals surface area contributed by atoms with Gasteiger partial charge in [0.2, 0.25) is 0 Å². The quantitative estimate of drug-likeness (QED) is 0.942. The Hall–Kier alpha value is -1.78. The number of hydrogen-bond donors (Lipinski definition) is 1. The van der Waals surface area contributed by atoms with E-state index in [9.17, 15) is 9.50 Å². The average molecular weight is 295 g/mol. The highest BCUT2D eigenvalue weighted by Gasteiger charge is 2.22. The number of aliphatic hydroxyl groups excluding tert-OH is 1. The molecular weight excluding hydrogens is 283 g/mol. The van der Waals surface area contributed by atoms with Crippen molar-refractivity contribution in [2.75, 3.05) is 6.61 Å². The summed E-state index contributed by atoms with van der Waals surface area (Å²) >= 11 is 5.69. The predicted octanol–water partition coefficient (Wildman–Crippen LogP) is 3.48. The number of hydrogen-bond acceptors (Lipinski definition) is 3. The molecule has 1 atom stereocenters. The van der Waals surface area contributed by atoms with E-state index in [0.29, 0.717) is 22.1 Å². The van der Waals surface area contributed by atoms with E-state index in [1.54, 1.807) is 30.3 Å². The first-order valence-corrected chi connectivity index (χ1v) is 6.53. The van der Waals surface area contributed by atoms with Gasteiger partial charge in [0.1, 0.15) is 36.6 Å². The molecule has 104 valence electrons. The third-order valence-electron chi connectivity index (χ3n) is 3.15. The molecule has 1 aliphatic rings. The Kier molecular flexibility index (Phi) is 3.51. The molecule has 0 saturated heterocycles. The summed E-state index contributed by atoms with van der Waals surface area (Å²) < 4.78 is 24.5. The maximum atomic E-state index is 13.6. The van der Waals surface area contributed by atoms with Crippen molar-refractivity contribution in [2.45, 2.75) is 12.7 Å². The molecule has 0 aromatic heterocycles. The fourth-order valence-electron chi connectivity index (χ4n) is 2.06. The average Bonchev–Trinajstić information content (AvgIpc) is 2.79. The highest BCUT2D eigenvalue weighted by Crippen LogP contribution is 2.35. The molecule has 1 heterocycles. The minimum absolute atomic E-state index is 0.102. The molecule has 2 aromatic rings. The molecule has 1 unspecified atom stereocenters. The first-order chi connectivity index (χ1) is 9.63. The third-order valence-corrected chi connectivity index (χ3v) is 3.39. The van der Waals surface area contributed by atoms with E-state index in [-0.39, 0.29) is 13.2 Å².